The van der Waals surface area contributed by atoms with E-state index in [4.69, 9.17) is 0 Å². The largest absolute Gasteiger partial charge is 0.337 e. The normalized spacial score (nSPS) is 10.3. The molecule has 6 nitrogen and oxygen atoms in total. The van der Waals surface area contributed by atoms with Gasteiger partial charge in [0.1, 0.15) is 5.82 Å². The van der Waals surface area contributed by atoms with Gasteiger partial charge in [-0.2, -0.15) is 0 Å². The Balaban J connectivity index is 1.51. The predicted molar refractivity (Wildman–Crippen MR) is 93.9 cm³/mol. The van der Waals surface area contributed by atoms with Gasteiger partial charge in [0.25, 0.3) is 0 Å². The van der Waals surface area contributed by atoms with Crippen molar-refractivity contribution in [3.05, 3.63) is 72.9 Å². The van der Waals surface area contributed by atoms with E-state index in [1.807, 2.05) is 53.2 Å². The lowest BCUT2D eigenvalue weighted by Gasteiger charge is -2.08. The second-order valence-corrected chi connectivity index (χ2v) is 5.36. The minimum Gasteiger partial charge on any atom is -0.337 e. The number of carbonyl (C=O) groups excluding carboxylic acids is 1. The molecule has 0 atom stereocenters. The van der Waals surface area contributed by atoms with Crippen LogP contribution in [0.25, 0.3) is 0 Å². The number of para-hydroxylation sites is 1. The van der Waals surface area contributed by atoms with Crippen LogP contribution in [0.2, 0.25) is 0 Å². The Kier molecular flexibility index (Phi) is 5.19. The van der Waals surface area contributed by atoms with Gasteiger partial charge in [0.15, 0.2) is 0 Å². The molecule has 24 heavy (non-hydrogen) atoms. The monoisotopic (exact) mass is 321 g/mol. The number of benzene rings is 1. The van der Waals surface area contributed by atoms with Crippen molar-refractivity contribution in [1.29, 1.82) is 0 Å². The number of imidazole rings is 1. The lowest BCUT2D eigenvalue weighted by molar-refractivity contribution is 0.262. The maximum Gasteiger partial charge on any atom is 0.324 e. The Morgan fingerprint density at radius 2 is 1.92 bits per heavy atom. The highest BCUT2D eigenvalue weighted by molar-refractivity contribution is 5.99. The molecule has 0 saturated heterocycles. The number of aryl methyl sites for hydroxylation is 2. The van der Waals surface area contributed by atoms with Gasteiger partial charge in [-0.05, 0) is 37.1 Å². The maximum absolute atomic E-state index is 12.0. The molecule has 2 N–H and O–H groups in total. The van der Waals surface area contributed by atoms with Crippen LogP contribution in [0.5, 0.6) is 0 Å². The van der Waals surface area contributed by atoms with E-state index in [-0.39, 0.29) is 6.03 Å². The van der Waals surface area contributed by atoms with Gasteiger partial charge < -0.3 is 9.88 Å². The van der Waals surface area contributed by atoms with Crippen LogP contribution in [-0.2, 0) is 13.0 Å². The number of rotatable bonds is 6. The Labute approximate surface area is 140 Å². The highest BCUT2D eigenvalue weighted by atomic mass is 16.2. The molecule has 0 aliphatic rings. The minimum atomic E-state index is -0.302. The van der Waals surface area contributed by atoms with Crippen LogP contribution in [0, 0.1) is 0 Å². The predicted octanol–water partition coefficient (Wildman–Crippen LogP) is 3.55. The van der Waals surface area contributed by atoms with E-state index >= 15 is 0 Å². The lowest BCUT2D eigenvalue weighted by atomic mass is 10.2. The summed E-state index contributed by atoms with van der Waals surface area (Å²) in [5.74, 6) is 0.545. The molecule has 6 heteroatoms. The third kappa shape index (κ3) is 4.67. The van der Waals surface area contributed by atoms with Crippen molar-refractivity contribution < 1.29 is 4.79 Å². The van der Waals surface area contributed by atoms with E-state index in [1.165, 1.54) is 0 Å². The van der Waals surface area contributed by atoms with Gasteiger partial charge >= 0.3 is 6.03 Å². The molecule has 0 bridgehead atoms. The highest BCUT2D eigenvalue weighted by Crippen LogP contribution is 2.09. The summed E-state index contributed by atoms with van der Waals surface area (Å²) in [5.41, 5.74) is 1.69. The number of pyridine rings is 1. The van der Waals surface area contributed by atoms with Crippen LogP contribution in [0.15, 0.2) is 67.3 Å². The minimum absolute atomic E-state index is 0.302. The van der Waals surface area contributed by atoms with Crippen molar-refractivity contribution in [1.82, 2.24) is 14.5 Å². The second-order valence-electron chi connectivity index (χ2n) is 5.36. The Hall–Kier alpha value is -3.15. The van der Waals surface area contributed by atoms with Crippen LogP contribution in [0.4, 0.5) is 16.3 Å². The van der Waals surface area contributed by atoms with Gasteiger partial charge in [0.05, 0.1) is 6.33 Å². The molecular weight excluding hydrogens is 302 g/mol. The van der Waals surface area contributed by atoms with Crippen molar-refractivity contribution in [2.45, 2.75) is 19.4 Å². The number of nitrogens with zero attached hydrogens (tertiary/aromatic N) is 3. The molecule has 0 unspecified atom stereocenters. The Morgan fingerprint density at radius 3 is 2.71 bits per heavy atom. The summed E-state index contributed by atoms with van der Waals surface area (Å²) in [4.78, 5) is 20.5. The third-order valence-electron chi connectivity index (χ3n) is 3.49. The van der Waals surface area contributed by atoms with Crippen LogP contribution < -0.4 is 10.6 Å². The van der Waals surface area contributed by atoms with Gasteiger partial charge in [-0.3, -0.25) is 5.32 Å². The first-order valence-electron chi connectivity index (χ1n) is 7.84. The van der Waals surface area contributed by atoms with Crippen molar-refractivity contribution in [3.8, 4) is 0 Å². The smallest absolute Gasteiger partial charge is 0.324 e. The molecule has 0 radical (unpaired) electrons. The van der Waals surface area contributed by atoms with Crippen molar-refractivity contribution >= 4 is 17.5 Å². The number of carbonyl (C=O) groups is 1. The number of urea groups is 1. The molecule has 3 rings (SSSR count). The molecule has 0 aliphatic heterocycles. The number of anilines is 2. The number of aromatic nitrogens is 3. The molecule has 0 aliphatic carbocycles. The van der Waals surface area contributed by atoms with Gasteiger partial charge in [-0.1, -0.05) is 24.3 Å². The van der Waals surface area contributed by atoms with E-state index < -0.39 is 0 Å². The van der Waals surface area contributed by atoms with Gasteiger partial charge in [0, 0.05) is 30.3 Å². The molecule has 3 aromatic rings. The summed E-state index contributed by atoms with van der Waals surface area (Å²) >= 11 is 0. The molecule has 2 heterocycles. The zero-order valence-electron chi connectivity index (χ0n) is 13.2. The summed E-state index contributed by atoms with van der Waals surface area (Å²) in [6.07, 6.45) is 7.32. The average molecular weight is 321 g/mol. The van der Waals surface area contributed by atoms with E-state index in [0.29, 0.717) is 5.82 Å². The van der Waals surface area contributed by atoms with Crippen molar-refractivity contribution in [3.63, 3.8) is 0 Å². The Bertz CT molecular complexity index is 771. The molecule has 0 saturated carbocycles. The van der Waals surface area contributed by atoms with E-state index in [9.17, 15) is 4.79 Å². The summed E-state index contributed by atoms with van der Waals surface area (Å²) in [6.45, 7) is 0.897. The quantitative estimate of drug-likeness (QED) is 0.729. The Morgan fingerprint density at radius 1 is 1.04 bits per heavy atom. The SMILES string of the molecule is O=C(Nc1ccccc1)Nc1cccc(CCCn2ccnc2)n1. The maximum atomic E-state index is 12.0. The van der Waals surface area contributed by atoms with Crippen molar-refractivity contribution in [2.75, 3.05) is 10.6 Å². The van der Waals surface area contributed by atoms with E-state index in [2.05, 4.69) is 20.6 Å². The van der Waals surface area contributed by atoms with Crippen LogP contribution in [-0.4, -0.2) is 20.6 Å². The van der Waals surface area contributed by atoms with Crippen molar-refractivity contribution in [2.24, 2.45) is 0 Å². The topological polar surface area (TPSA) is 71.8 Å². The van der Waals surface area contributed by atoms with Gasteiger partial charge in [-0.15, -0.1) is 0 Å². The zero-order valence-corrected chi connectivity index (χ0v) is 13.2. The fraction of sp³-hybridized carbons (Fsp3) is 0.167. The zero-order chi connectivity index (χ0) is 16.6. The fourth-order valence-corrected chi connectivity index (χ4v) is 2.35. The van der Waals surface area contributed by atoms with Gasteiger partial charge in [-0.25, -0.2) is 14.8 Å². The molecule has 0 spiro atoms. The second kappa shape index (κ2) is 7.92. The highest BCUT2D eigenvalue weighted by Gasteiger charge is 2.04. The van der Waals surface area contributed by atoms with E-state index in [1.54, 1.807) is 18.6 Å². The molecule has 2 amide bonds. The standard InChI is InChI=1S/C18H19N5O/c24-18(21-16-6-2-1-3-7-16)22-17-10-4-8-15(20-17)9-5-12-23-13-11-19-14-23/h1-4,6-8,10-11,13-14H,5,9,12H2,(H2,20,21,22,24). The van der Waals surface area contributed by atoms with Crippen LogP contribution in [0.1, 0.15) is 12.1 Å². The van der Waals surface area contributed by atoms with Crippen LogP contribution >= 0.6 is 0 Å². The first-order chi connectivity index (χ1) is 11.8. The first kappa shape index (κ1) is 15.7. The average Bonchev–Trinajstić information content (AvgIpc) is 3.09. The number of amides is 2. The summed E-state index contributed by atoms with van der Waals surface area (Å²) in [7, 11) is 0. The third-order valence-corrected chi connectivity index (χ3v) is 3.49. The lowest BCUT2D eigenvalue weighted by Crippen LogP contribution is -2.20. The van der Waals surface area contributed by atoms with Crippen LogP contribution in [0.3, 0.4) is 0 Å². The molecule has 2 aromatic heterocycles. The first-order valence-corrected chi connectivity index (χ1v) is 7.84. The summed E-state index contributed by atoms with van der Waals surface area (Å²) in [5, 5.41) is 5.53. The molecular formula is C18H19N5O. The van der Waals surface area contributed by atoms with Gasteiger partial charge in [0.2, 0.25) is 0 Å². The number of hydrogen-bond donors (Lipinski definition) is 2. The van der Waals surface area contributed by atoms with E-state index in [0.717, 1.165) is 30.8 Å². The molecule has 122 valence electrons. The summed E-state index contributed by atoms with van der Waals surface area (Å²) < 4.78 is 2.04. The number of nitrogens with one attached hydrogen (secondary N) is 2. The molecule has 1 aromatic carbocycles. The summed E-state index contributed by atoms with van der Waals surface area (Å²) in [6, 6.07) is 14.7. The molecule has 0 fully saturated rings. The number of hydrogen-bond acceptors (Lipinski definition) is 3. The fourth-order valence-electron chi connectivity index (χ4n) is 2.35.